The molecule has 3 nitrogen and oxygen atoms in total. The molecule has 2 rings (SSSR count). The van der Waals surface area contributed by atoms with Crippen molar-refractivity contribution in [2.24, 2.45) is 17.8 Å². The fraction of sp³-hybridized carbons (Fsp3) is 0.933. The minimum Gasteiger partial charge on any atom is -0.481 e. The molecule has 0 aliphatic heterocycles. The van der Waals surface area contributed by atoms with Gasteiger partial charge in [-0.05, 0) is 43.9 Å². The summed E-state index contributed by atoms with van der Waals surface area (Å²) in [6, 6.07) is 1.21. The summed E-state index contributed by atoms with van der Waals surface area (Å²) in [5, 5.41) is 12.8. The molecule has 0 spiro atoms. The van der Waals surface area contributed by atoms with Crippen LogP contribution in [0.1, 0.15) is 58.8 Å². The maximum Gasteiger partial charge on any atom is 0.306 e. The second-order valence-corrected chi connectivity index (χ2v) is 6.43. The third kappa shape index (κ3) is 3.25. The predicted octanol–water partition coefficient (Wildman–Crippen LogP) is 3.04. The van der Waals surface area contributed by atoms with Crippen LogP contribution in [0.4, 0.5) is 0 Å². The van der Waals surface area contributed by atoms with Crippen molar-refractivity contribution >= 4 is 5.97 Å². The Morgan fingerprint density at radius 3 is 2.33 bits per heavy atom. The van der Waals surface area contributed by atoms with E-state index in [1.165, 1.54) is 19.3 Å². The van der Waals surface area contributed by atoms with E-state index in [1.54, 1.807) is 0 Å². The van der Waals surface area contributed by atoms with Gasteiger partial charge in [0, 0.05) is 12.1 Å². The smallest absolute Gasteiger partial charge is 0.306 e. The molecule has 0 aromatic heterocycles. The summed E-state index contributed by atoms with van der Waals surface area (Å²) in [4.78, 5) is 10.9. The van der Waals surface area contributed by atoms with E-state index in [0.717, 1.165) is 37.5 Å². The summed E-state index contributed by atoms with van der Waals surface area (Å²) in [6.45, 7) is 4.73. The molecule has 18 heavy (non-hydrogen) atoms. The van der Waals surface area contributed by atoms with E-state index >= 15 is 0 Å². The van der Waals surface area contributed by atoms with Gasteiger partial charge in [-0.2, -0.15) is 0 Å². The lowest BCUT2D eigenvalue weighted by Crippen LogP contribution is -2.47. The van der Waals surface area contributed by atoms with Crippen LogP contribution in [0, 0.1) is 17.8 Å². The van der Waals surface area contributed by atoms with E-state index in [9.17, 15) is 4.79 Å². The maximum atomic E-state index is 10.9. The zero-order valence-corrected chi connectivity index (χ0v) is 11.7. The SMILES string of the molecule is CC1CCCC(NC2CCC(C(=O)O)CC2)C1C. The Balaban J connectivity index is 1.79. The molecule has 0 aromatic carbocycles. The number of hydrogen-bond acceptors (Lipinski definition) is 2. The highest BCUT2D eigenvalue weighted by Crippen LogP contribution is 2.31. The van der Waals surface area contributed by atoms with Crippen molar-refractivity contribution in [3.05, 3.63) is 0 Å². The average molecular weight is 253 g/mol. The minimum absolute atomic E-state index is 0.0919. The summed E-state index contributed by atoms with van der Waals surface area (Å²) in [7, 11) is 0. The highest BCUT2D eigenvalue weighted by molar-refractivity contribution is 5.70. The number of rotatable bonds is 3. The first-order chi connectivity index (χ1) is 8.58. The van der Waals surface area contributed by atoms with Crippen molar-refractivity contribution < 1.29 is 9.90 Å². The van der Waals surface area contributed by atoms with E-state index in [2.05, 4.69) is 19.2 Å². The van der Waals surface area contributed by atoms with Crippen molar-refractivity contribution in [1.29, 1.82) is 0 Å². The summed E-state index contributed by atoms with van der Waals surface area (Å²) in [6.07, 6.45) is 7.78. The molecule has 3 unspecified atom stereocenters. The number of carbonyl (C=O) groups is 1. The van der Waals surface area contributed by atoms with Crippen molar-refractivity contribution in [1.82, 2.24) is 5.32 Å². The standard InChI is InChI=1S/C15H27NO2/c1-10-4-3-5-14(11(10)2)16-13-8-6-12(7-9-13)15(17)18/h10-14,16H,3-9H2,1-2H3,(H,17,18). The van der Waals surface area contributed by atoms with Gasteiger partial charge < -0.3 is 10.4 Å². The molecule has 0 radical (unpaired) electrons. The Hall–Kier alpha value is -0.570. The van der Waals surface area contributed by atoms with Crippen molar-refractivity contribution in [3.63, 3.8) is 0 Å². The third-order valence-corrected chi connectivity index (χ3v) is 5.23. The van der Waals surface area contributed by atoms with Crippen molar-refractivity contribution in [3.8, 4) is 0 Å². The van der Waals surface area contributed by atoms with Crippen LogP contribution >= 0.6 is 0 Å². The van der Waals surface area contributed by atoms with Crippen LogP contribution < -0.4 is 5.32 Å². The molecule has 2 aliphatic carbocycles. The first-order valence-electron chi connectivity index (χ1n) is 7.56. The second kappa shape index (κ2) is 6.05. The van der Waals surface area contributed by atoms with E-state index < -0.39 is 5.97 Å². The normalized spacial score (nSPS) is 41.6. The highest BCUT2D eigenvalue weighted by atomic mass is 16.4. The summed E-state index contributed by atoms with van der Waals surface area (Å²) in [5.41, 5.74) is 0. The van der Waals surface area contributed by atoms with Gasteiger partial charge in [-0.3, -0.25) is 4.79 Å². The quantitative estimate of drug-likeness (QED) is 0.812. The molecule has 2 saturated carbocycles. The van der Waals surface area contributed by atoms with E-state index in [1.807, 2.05) is 0 Å². The van der Waals surface area contributed by atoms with E-state index in [0.29, 0.717) is 12.1 Å². The Bertz CT molecular complexity index is 284. The van der Waals surface area contributed by atoms with Gasteiger partial charge in [-0.15, -0.1) is 0 Å². The fourth-order valence-electron chi connectivity index (χ4n) is 3.63. The third-order valence-electron chi connectivity index (χ3n) is 5.23. The largest absolute Gasteiger partial charge is 0.481 e. The van der Waals surface area contributed by atoms with Gasteiger partial charge >= 0.3 is 5.97 Å². The highest BCUT2D eigenvalue weighted by Gasteiger charge is 2.31. The molecule has 2 fully saturated rings. The zero-order valence-electron chi connectivity index (χ0n) is 11.7. The van der Waals surface area contributed by atoms with E-state index in [4.69, 9.17) is 5.11 Å². The van der Waals surface area contributed by atoms with Crippen molar-refractivity contribution in [2.45, 2.75) is 70.9 Å². The Morgan fingerprint density at radius 1 is 1.06 bits per heavy atom. The molecule has 0 saturated heterocycles. The summed E-state index contributed by atoms with van der Waals surface area (Å²) >= 11 is 0. The maximum absolute atomic E-state index is 10.9. The molecule has 3 atom stereocenters. The monoisotopic (exact) mass is 253 g/mol. The van der Waals surface area contributed by atoms with Crippen LogP contribution in [0.3, 0.4) is 0 Å². The van der Waals surface area contributed by atoms with Gasteiger partial charge in [0.2, 0.25) is 0 Å². The number of hydrogen-bond donors (Lipinski definition) is 2. The molecule has 0 aromatic rings. The Kier molecular flexibility index (Phi) is 4.66. The van der Waals surface area contributed by atoms with Crippen LogP contribution in [0.15, 0.2) is 0 Å². The first kappa shape index (κ1) is 13.9. The first-order valence-corrected chi connectivity index (χ1v) is 7.56. The van der Waals surface area contributed by atoms with Crippen LogP contribution in [-0.2, 0) is 4.79 Å². The molecular weight excluding hydrogens is 226 g/mol. The molecule has 2 N–H and O–H groups in total. The lowest BCUT2D eigenvalue weighted by molar-refractivity contribution is -0.142. The Morgan fingerprint density at radius 2 is 1.72 bits per heavy atom. The molecule has 3 heteroatoms. The summed E-state index contributed by atoms with van der Waals surface area (Å²) < 4.78 is 0. The van der Waals surface area contributed by atoms with Gasteiger partial charge in [0.1, 0.15) is 0 Å². The van der Waals surface area contributed by atoms with Crippen LogP contribution in [0.5, 0.6) is 0 Å². The minimum atomic E-state index is -0.604. The molecule has 0 heterocycles. The van der Waals surface area contributed by atoms with Gasteiger partial charge in [0.25, 0.3) is 0 Å². The summed E-state index contributed by atoms with van der Waals surface area (Å²) in [5.74, 6) is 0.890. The molecule has 0 bridgehead atoms. The zero-order chi connectivity index (χ0) is 13.1. The number of carboxylic acid groups (broad SMARTS) is 1. The van der Waals surface area contributed by atoms with Crippen LogP contribution in [0.2, 0.25) is 0 Å². The number of nitrogens with one attached hydrogen (secondary N) is 1. The van der Waals surface area contributed by atoms with Crippen molar-refractivity contribution in [2.75, 3.05) is 0 Å². The van der Waals surface area contributed by atoms with Crippen LogP contribution in [-0.4, -0.2) is 23.2 Å². The predicted molar refractivity (Wildman–Crippen MR) is 72.5 cm³/mol. The van der Waals surface area contributed by atoms with Gasteiger partial charge in [0.05, 0.1) is 5.92 Å². The van der Waals surface area contributed by atoms with Gasteiger partial charge in [0.15, 0.2) is 0 Å². The molecule has 104 valence electrons. The molecule has 2 aliphatic rings. The van der Waals surface area contributed by atoms with Gasteiger partial charge in [-0.25, -0.2) is 0 Å². The lowest BCUT2D eigenvalue weighted by Gasteiger charge is -2.38. The fourth-order valence-corrected chi connectivity index (χ4v) is 3.63. The molecular formula is C15H27NO2. The number of carboxylic acids is 1. The lowest BCUT2D eigenvalue weighted by atomic mass is 9.77. The molecule has 0 amide bonds. The second-order valence-electron chi connectivity index (χ2n) is 6.43. The topological polar surface area (TPSA) is 49.3 Å². The Labute approximate surface area is 110 Å². The van der Waals surface area contributed by atoms with E-state index in [-0.39, 0.29) is 5.92 Å². The van der Waals surface area contributed by atoms with Crippen LogP contribution in [0.25, 0.3) is 0 Å². The van der Waals surface area contributed by atoms with Gasteiger partial charge in [-0.1, -0.05) is 26.7 Å². The number of aliphatic carboxylic acids is 1. The average Bonchev–Trinajstić information content (AvgIpc) is 2.36.